The summed E-state index contributed by atoms with van der Waals surface area (Å²) in [4.78, 5) is 24.0. The minimum absolute atomic E-state index is 0.629. The van der Waals surface area contributed by atoms with Gasteiger partial charge in [0.2, 0.25) is 0 Å². The van der Waals surface area contributed by atoms with E-state index in [-0.39, 0.29) is 0 Å². The molecule has 158 valence electrons. The maximum Gasteiger partial charge on any atom is 0.408 e. The van der Waals surface area contributed by atoms with Crippen molar-refractivity contribution in [3.05, 3.63) is 0 Å². The van der Waals surface area contributed by atoms with Crippen molar-refractivity contribution in [3.63, 3.8) is 0 Å². The van der Waals surface area contributed by atoms with Crippen LogP contribution in [0.15, 0.2) is 0 Å². The maximum absolute atomic E-state index is 12.0. The van der Waals surface area contributed by atoms with Gasteiger partial charge >= 0.3 is 12.1 Å². The van der Waals surface area contributed by atoms with Crippen LogP contribution in [-0.2, 0) is 23.7 Å². The van der Waals surface area contributed by atoms with Gasteiger partial charge in [0.05, 0.1) is 19.8 Å². The molecule has 7 atom stereocenters. The highest BCUT2D eigenvalue weighted by Crippen LogP contribution is 2.23. The number of alkyl carbamates (subject to hydrolysis) is 1. The fourth-order valence-corrected chi connectivity index (χ4v) is 2.40. The standard InChI is InChI=1S/C16H29NO10/c1-7(9(13(22)24-5)17-15(23)27-16(2,3)4)25-14-12(21)11(20)10(19)8(6-18)26-14/h7-12,14,18-21H,6H2,1-5H3,(H,17,23)/t7-,8-,9+,10+,11+,12-,14-/m1/s1. The molecule has 1 heterocycles. The first kappa shape index (κ1) is 23.5. The summed E-state index contributed by atoms with van der Waals surface area (Å²) in [7, 11) is 1.12. The zero-order valence-corrected chi connectivity index (χ0v) is 16.0. The lowest BCUT2D eigenvalue weighted by atomic mass is 9.99. The number of ether oxygens (including phenoxy) is 4. The van der Waals surface area contributed by atoms with E-state index in [1.807, 2.05) is 0 Å². The van der Waals surface area contributed by atoms with Gasteiger partial charge in [0, 0.05) is 0 Å². The number of nitrogens with one attached hydrogen (secondary N) is 1. The fraction of sp³-hybridized carbons (Fsp3) is 0.875. The monoisotopic (exact) mass is 395 g/mol. The summed E-state index contributed by atoms with van der Waals surface area (Å²) < 4.78 is 20.4. The van der Waals surface area contributed by atoms with Crippen LogP contribution in [0.4, 0.5) is 4.79 Å². The van der Waals surface area contributed by atoms with Crippen molar-refractivity contribution in [2.24, 2.45) is 0 Å². The molecule has 1 fully saturated rings. The predicted octanol–water partition coefficient (Wildman–Crippen LogP) is -1.74. The lowest BCUT2D eigenvalue weighted by molar-refractivity contribution is -0.311. The Morgan fingerprint density at radius 3 is 2.22 bits per heavy atom. The van der Waals surface area contributed by atoms with Gasteiger partial charge in [0.15, 0.2) is 12.3 Å². The van der Waals surface area contributed by atoms with Crippen molar-refractivity contribution in [2.45, 2.75) is 76.1 Å². The van der Waals surface area contributed by atoms with E-state index in [0.29, 0.717) is 0 Å². The maximum atomic E-state index is 12.0. The van der Waals surface area contributed by atoms with E-state index in [2.05, 4.69) is 10.1 Å². The molecule has 0 aromatic heterocycles. The summed E-state index contributed by atoms with van der Waals surface area (Å²) in [6.45, 7) is 5.71. The molecule has 0 aromatic carbocycles. The average molecular weight is 395 g/mol. The van der Waals surface area contributed by atoms with E-state index >= 15 is 0 Å². The van der Waals surface area contributed by atoms with Gasteiger partial charge in [-0.25, -0.2) is 9.59 Å². The molecule has 0 saturated carbocycles. The number of rotatable bonds is 6. The summed E-state index contributed by atoms with van der Waals surface area (Å²) >= 11 is 0. The van der Waals surface area contributed by atoms with Gasteiger partial charge < -0.3 is 44.7 Å². The van der Waals surface area contributed by atoms with Crippen molar-refractivity contribution in [2.75, 3.05) is 13.7 Å². The molecule has 0 aromatic rings. The van der Waals surface area contributed by atoms with Gasteiger partial charge in [-0.05, 0) is 27.7 Å². The van der Waals surface area contributed by atoms with Crippen LogP contribution in [0, 0.1) is 0 Å². The molecule has 0 bridgehead atoms. The Balaban J connectivity index is 2.85. The molecule has 1 rings (SSSR count). The summed E-state index contributed by atoms with van der Waals surface area (Å²) in [5.41, 5.74) is -0.799. The first-order chi connectivity index (χ1) is 12.4. The number of hydrogen-bond donors (Lipinski definition) is 5. The summed E-state index contributed by atoms with van der Waals surface area (Å²) in [6, 6.07) is -1.31. The molecule has 0 aliphatic carbocycles. The lowest BCUT2D eigenvalue weighted by Crippen LogP contribution is -2.61. The van der Waals surface area contributed by atoms with E-state index in [1.54, 1.807) is 20.8 Å². The van der Waals surface area contributed by atoms with Gasteiger partial charge in [-0.15, -0.1) is 0 Å². The van der Waals surface area contributed by atoms with E-state index < -0.39 is 67.1 Å². The van der Waals surface area contributed by atoms with Gasteiger partial charge in [-0.1, -0.05) is 0 Å². The Morgan fingerprint density at radius 1 is 1.15 bits per heavy atom. The first-order valence-corrected chi connectivity index (χ1v) is 8.44. The summed E-state index contributed by atoms with van der Waals surface area (Å²) in [6.07, 6.45) is -9.43. The largest absolute Gasteiger partial charge is 0.467 e. The Labute approximate surface area is 157 Å². The van der Waals surface area contributed by atoms with Crippen molar-refractivity contribution < 1.29 is 49.0 Å². The second-order valence-electron chi connectivity index (χ2n) is 7.19. The van der Waals surface area contributed by atoms with Gasteiger partial charge in [0.25, 0.3) is 0 Å². The van der Waals surface area contributed by atoms with Crippen molar-refractivity contribution in [1.29, 1.82) is 0 Å². The Morgan fingerprint density at radius 2 is 1.74 bits per heavy atom. The molecular weight excluding hydrogens is 366 g/mol. The first-order valence-electron chi connectivity index (χ1n) is 8.44. The van der Waals surface area contributed by atoms with Crippen LogP contribution < -0.4 is 5.32 Å². The Bertz CT molecular complexity index is 506. The number of aliphatic hydroxyl groups excluding tert-OH is 4. The van der Waals surface area contributed by atoms with Gasteiger partial charge in [-0.2, -0.15) is 0 Å². The molecule has 1 aliphatic heterocycles. The highest BCUT2D eigenvalue weighted by molar-refractivity contribution is 5.82. The minimum Gasteiger partial charge on any atom is -0.467 e. The van der Waals surface area contributed by atoms with Crippen LogP contribution in [0.2, 0.25) is 0 Å². The summed E-state index contributed by atoms with van der Waals surface area (Å²) in [5.74, 6) is -0.835. The number of aliphatic hydroxyl groups is 4. The number of amides is 1. The number of hydrogen-bond acceptors (Lipinski definition) is 10. The highest BCUT2D eigenvalue weighted by atomic mass is 16.7. The zero-order chi connectivity index (χ0) is 20.9. The van der Waals surface area contributed by atoms with Crippen LogP contribution >= 0.6 is 0 Å². The number of carbonyl (C=O) groups is 2. The molecule has 5 N–H and O–H groups in total. The SMILES string of the molecule is COC(=O)[C@@H](NC(=O)OC(C)(C)C)[C@@H](C)O[C@@H]1O[C@H](CO)[C@H](O)[C@H](O)[C@H]1O. The van der Waals surface area contributed by atoms with Crippen molar-refractivity contribution >= 4 is 12.1 Å². The third-order valence-corrected chi connectivity index (χ3v) is 3.79. The van der Waals surface area contributed by atoms with Gasteiger partial charge in [-0.3, -0.25) is 0 Å². The normalized spacial score (nSPS) is 30.9. The minimum atomic E-state index is -1.65. The molecule has 27 heavy (non-hydrogen) atoms. The van der Waals surface area contributed by atoms with Crippen LogP contribution in [-0.4, -0.2) is 94.7 Å². The molecule has 1 saturated heterocycles. The van der Waals surface area contributed by atoms with Crippen molar-refractivity contribution in [3.8, 4) is 0 Å². The molecular formula is C16H29NO10. The number of methoxy groups -OCH3 is 1. The Kier molecular flexibility index (Phi) is 8.39. The smallest absolute Gasteiger partial charge is 0.408 e. The molecule has 1 amide bonds. The van der Waals surface area contributed by atoms with E-state index in [4.69, 9.17) is 14.2 Å². The fourth-order valence-electron chi connectivity index (χ4n) is 2.40. The van der Waals surface area contributed by atoms with Crippen LogP contribution in [0.25, 0.3) is 0 Å². The second kappa shape index (κ2) is 9.62. The zero-order valence-electron chi connectivity index (χ0n) is 16.0. The third kappa shape index (κ3) is 6.55. The van der Waals surface area contributed by atoms with Crippen LogP contribution in [0.5, 0.6) is 0 Å². The lowest BCUT2D eigenvalue weighted by Gasteiger charge is -2.41. The molecule has 0 spiro atoms. The van der Waals surface area contributed by atoms with Gasteiger partial charge in [0.1, 0.15) is 30.0 Å². The Hall–Kier alpha value is -1.50. The molecule has 1 aliphatic rings. The average Bonchev–Trinajstić information content (AvgIpc) is 2.57. The molecule has 11 nitrogen and oxygen atoms in total. The van der Waals surface area contributed by atoms with E-state index in [1.165, 1.54) is 6.92 Å². The number of carbonyl (C=O) groups excluding carboxylic acids is 2. The van der Waals surface area contributed by atoms with Crippen molar-refractivity contribution in [1.82, 2.24) is 5.32 Å². The molecule has 11 heteroatoms. The topological polar surface area (TPSA) is 164 Å². The van der Waals surface area contributed by atoms with Crippen LogP contribution in [0.1, 0.15) is 27.7 Å². The highest BCUT2D eigenvalue weighted by Gasteiger charge is 2.45. The predicted molar refractivity (Wildman–Crippen MR) is 89.5 cm³/mol. The third-order valence-electron chi connectivity index (χ3n) is 3.79. The second-order valence-corrected chi connectivity index (χ2v) is 7.19. The number of esters is 1. The quantitative estimate of drug-likeness (QED) is 0.326. The molecule has 0 radical (unpaired) electrons. The van der Waals surface area contributed by atoms with E-state index in [9.17, 15) is 30.0 Å². The van der Waals surface area contributed by atoms with E-state index in [0.717, 1.165) is 7.11 Å². The molecule has 0 unspecified atom stereocenters. The summed E-state index contributed by atoms with van der Waals surface area (Å²) in [5, 5.41) is 41.1. The van der Waals surface area contributed by atoms with Crippen LogP contribution in [0.3, 0.4) is 0 Å².